The Morgan fingerprint density at radius 3 is 2.52 bits per heavy atom. The summed E-state index contributed by atoms with van der Waals surface area (Å²) in [6.07, 6.45) is 12.5. The minimum absolute atomic E-state index is 0.00294. The van der Waals surface area contributed by atoms with Gasteiger partial charge in [0.25, 0.3) is 5.56 Å². The van der Waals surface area contributed by atoms with Crippen molar-refractivity contribution in [1.29, 1.82) is 0 Å². The van der Waals surface area contributed by atoms with E-state index in [1.54, 1.807) is 21.5 Å². The van der Waals surface area contributed by atoms with E-state index in [0.717, 1.165) is 42.4 Å². The highest BCUT2D eigenvalue weighted by atomic mass is 16.4. The quantitative estimate of drug-likeness (QED) is 0.562. The van der Waals surface area contributed by atoms with Gasteiger partial charge < -0.3 is 15.0 Å². The van der Waals surface area contributed by atoms with Crippen molar-refractivity contribution in [3.63, 3.8) is 0 Å². The topological polar surface area (TPSA) is 102 Å². The molecule has 4 rings (SSSR count). The SMILES string of the molecule is CC(C)Cn1cc(-c2cnn(C)c2)cc(NC2CCC(c3cncc(C(=O)O)c3)CC2)c1=O. The molecule has 0 aromatic carbocycles. The van der Waals surface area contributed by atoms with Gasteiger partial charge >= 0.3 is 5.97 Å². The Kier molecular flexibility index (Phi) is 6.62. The highest BCUT2D eigenvalue weighted by Crippen LogP contribution is 2.34. The van der Waals surface area contributed by atoms with Crippen LogP contribution in [0.25, 0.3) is 11.1 Å². The van der Waals surface area contributed by atoms with Crippen molar-refractivity contribution < 1.29 is 9.90 Å². The zero-order valence-electron chi connectivity index (χ0n) is 19.4. The van der Waals surface area contributed by atoms with E-state index in [1.165, 1.54) is 6.20 Å². The molecule has 0 amide bonds. The van der Waals surface area contributed by atoms with E-state index in [4.69, 9.17) is 0 Å². The molecule has 0 radical (unpaired) electrons. The van der Waals surface area contributed by atoms with Gasteiger partial charge in [0, 0.05) is 55.5 Å². The van der Waals surface area contributed by atoms with Gasteiger partial charge in [-0.3, -0.25) is 14.5 Å². The first-order chi connectivity index (χ1) is 15.8. The fourth-order valence-electron chi connectivity index (χ4n) is 4.59. The second-order valence-electron chi connectivity index (χ2n) is 9.40. The lowest BCUT2D eigenvalue weighted by atomic mass is 9.82. The molecule has 3 heterocycles. The van der Waals surface area contributed by atoms with Crippen LogP contribution in [0.2, 0.25) is 0 Å². The van der Waals surface area contributed by atoms with Gasteiger partial charge in [-0.25, -0.2) is 4.79 Å². The van der Waals surface area contributed by atoms with E-state index in [2.05, 4.69) is 29.2 Å². The third-order valence-corrected chi connectivity index (χ3v) is 6.25. The van der Waals surface area contributed by atoms with Crippen molar-refractivity contribution in [2.45, 2.75) is 58.0 Å². The first kappa shape index (κ1) is 22.8. The zero-order chi connectivity index (χ0) is 23.5. The van der Waals surface area contributed by atoms with Gasteiger partial charge in [0.2, 0.25) is 0 Å². The molecule has 0 bridgehead atoms. The minimum atomic E-state index is -0.953. The molecule has 0 unspecified atom stereocenters. The number of hydrogen-bond acceptors (Lipinski definition) is 5. The number of pyridine rings is 2. The number of carboxylic acids is 1. The number of nitrogens with one attached hydrogen (secondary N) is 1. The van der Waals surface area contributed by atoms with Crippen molar-refractivity contribution in [2.24, 2.45) is 13.0 Å². The monoisotopic (exact) mass is 449 g/mol. The number of carbonyl (C=O) groups is 1. The average Bonchev–Trinajstić information content (AvgIpc) is 3.23. The fraction of sp³-hybridized carbons (Fsp3) is 0.440. The molecule has 174 valence electrons. The molecule has 1 aliphatic carbocycles. The molecule has 1 fully saturated rings. The van der Waals surface area contributed by atoms with E-state index in [9.17, 15) is 14.7 Å². The largest absolute Gasteiger partial charge is 0.478 e. The standard InChI is InChI=1S/C25H31N5O3/c1-16(2)13-30-15-20(21-12-27-29(3)14-21)9-23(24(30)31)28-22-6-4-17(5-7-22)18-8-19(25(32)33)11-26-10-18/h8-12,14-17,22,28H,4-7,13H2,1-3H3,(H,32,33). The number of aryl methyl sites for hydroxylation is 1. The third-order valence-electron chi connectivity index (χ3n) is 6.25. The Hall–Kier alpha value is -3.42. The Morgan fingerprint density at radius 1 is 1.12 bits per heavy atom. The molecule has 3 aromatic rings. The number of nitrogens with zero attached hydrogens (tertiary/aromatic N) is 4. The van der Waals surface area contributed by atoms with Gasteiger partial charge in [-0.15, -0.1) is 0 Å². The van der Waals surface area contributed by atoms with Gasteiger partial charge in [-0.1, -0.05) is 13.8 Å². The second kappa shape index (κ2) is 9.60. The maximum atomic E-state index is 13.2. The smallest absolute Gasteiger partial charge is 0.337 e. The zero-order valence-corrected chi connectivity index (χ0v) is 19.4. The van der Waals surface area contributed by atoms with Crippen LogP contribution < -0.4 is 10.9 Å². The summed E-state index contributed by atoms with van der Waals surface area (Å²) < 4.78 is 3.56. The third kappa shape index (κ3) is 5.32. The lowest BCUT2D eigenvalue weighted by molar-refractivity contribution is 0.0696. The number of rotatable bonds is 7. The van der Waals surface area contributed by atoms with Crippen molar-refractivity contribution in [2.75, 3.05) is 5.32 Å². The summed E-state index contributed by atoms with van der Waals surface area (Å²) in [5, 5.41) is 17.0. The van der Waals surface area contributed by atoms with E-state index in [-0.39, 0.29) is 23.1 Å². The van der Waals surface area contributed by atoms with Crippen LogP contribution in [0.5, 0.6) is 0 Å². The lowest BCUT2D eigenvalue weighted by Crippen LogP contribution is -2.31. The van der Waals surface area contributed by atoms with Crippen LogP contribution in [0.1, 0.15) is 61.4 Å². The molecule has 8 nitrogen and oxygen atoms in total. The summed E-state index contributed by atoms with van der Waals surface area (Å²) in [6.45, 7) is 4.86. The summed E-state index contributed by atoms with van der Waals surface area (Å²) in [7, 11) is 1.88. The molecule has 8 heteroatoms. The van der Waals surface area contributed by atoms with E-state index in [0.29, 0.717) is 18.2 Å². The average molecular weight is 450 g/mol. The number of carboxylic acid groups (broad SMARTS) is 1. The van der Waals surface area contributed by atoms with E-state index in [1.807, 2.05) is 31.7 Å². The van der Waals surface area contributed by atoms with Gasteiger partial charge in [0.05, 0.1) is 11.8 Å². The molecular weight excluding hydrogens is 418 g/mol. The summed E-state index contributed by atoms with van der Waals surface area (Å²) in [5.74, 6) is -0.314. The van der Waals surface area contributed by atoms with E-state index >= 15 is 0 Å². The molecule has 0 atom stereocenters. The maximum absolute atomic E-state index is 13.2. The van der Waals surface area contributed by atoms with Crippen molar-refractivity contribution >= 4 is 11.7 Å². The van der Waals surface area contributed by atoms with Crippen molar-refractivity contribution in [1.82, 2.24) is 19.3 Å². The van der Waals surface area contributed by atoms with Crippen LogP contribution in [0.15, 0.2) is 47.9 Å². The molecular formula is C25H31N5O3. The summed E-state index contributed by atoms with van der Waals surface area (Å²) in [6, 6.07) is 3.86. The van der Waals surface area contributed by atoms with Crippen LogP contribution in [0.3, 0.4) is 0 Å². The van der Waals surface area contributed by atoms with Crippen LogP contribution in [0, 0.1) is 5.92 Å². The second-order valence-corrected chi connectivity index (χ2v) is 9.40. The number of hydrogen-bond donors (Lipinski definition) is 2. The van der Waals surface area contributed by atoms with Gasteiger partial charge in [-0.2, -0.15) is 5.10 Å². The number of aromatic nitrogens is 4. The summed E-state index contributed by atoms with van der Waals surface area (Å²) >= 11 is 0. The maximum Gasteiger partial charge on any atom is 0.337 e. The van der Waals surface area contributed by atoms with Gasteiger partial charge in [0.1, 0.15) is 5.69 Å². The van der Waals surface area contributed by atoms with Crippen molar-refractivity contribution in [3.8, 4) is 11.1 Å². The molecule has 33 heavy (non-hydrogen) atoms. The van der Waals surface area contributed by atoms with E-state index < -0.39 is 5.97 Å². The van der Waals surface area contributed by atoms with Gasteiger partial charge in [-0.05, 0) is 55.2 Å². The molecule has 1 saturated carbocycles. The summed E-state index contributed by atoms with van der Waals surface area (Å²) in [5.41, 5.74) is 3.77. The number of anilines is 1. The highest BCUT2D eigenvalue weighted by Gasteiger charge is 2.24. The first-order valence-electron chi connectivity index (χ1n) is 11.5. The first-order valence-corrected chi connectivity index (χ1v) is 11.5. The van der Waals surface area contributed by atoms with Gasteiger partial charge in [0.15, 0.2) is 0 Å². The normalized spacial score (nSPS) is 18.4. The molecule has 2 N–H and O–H groups in total. The molecule has 0 aliphatic heterocycles. The van der Waals surface area contributed by atoms with Crippen LogP contribution >= 0.6 is 0 Å². The molecule has 0 spiro atoms. The van der Waals surface area contributed by atoms with Crippen molar-refractivity contribution in [3.05, 3.63) is 64.6 Å². The summed E-state index contributed by atoms with van der Waals surface area (Å²) in [4.78, 5) is 28.5. The van der Waals surface area contributed by atoms with Crippen LogP contribution in [-0.4, -0.2) is 36.4 Å². The Labute approximate surface area is 193 Å². The molecule has 1 aliphatic rings. The Bertz CT molecular complexity index is 1190. The highest BCUT2D eigenvalue weighted by molar-refractivity contribution is 5.87. The number of aromatic carboxylic acids is 1. The molecule has 0 saturated heterocycles. The molecule has 3 aromatic heterocycles. The van der Waals surface area contributed by atoms with Crippen LogP contribution in [-0.2, 0) is 13.6 Å². The van der Waals surface area contributed by atoms with Crippen LogP contribution in [0.4, 0.5) is 5.69 Å². The predicted molar refractivity (Wildman–Crippen MR) is 128 cm³/mol. The lowest BCUT2D eigenvalue weighted by Gasteiger charge is -2.30. The minimum Gasteiger partial charge on any atom is -0.478 e. The Morgan fingerprint density at radius 2 is 1.88 bits per heavy atom. The Balaban J connectivity index is 1.51. The fourth-order valence-corrected chi connectivity index (χ4v) is 4.59. The predicted octanol–water partition coefficient (Wildman–Crippen LogP) is 4.14.